The monoisotopic (exact) mass is 245 g/mol. The molecule has 1 aliphatic rings. The average Bonchev–Trinajstić information content (AvgIpc) is 2.94. The zero-order valence-electron chi connectivity index (χ0n) is 10.7. The first-order valence-electron chi connectivity index (χ1n) is 6.61. The SMILES string of the molecule is CCn1ncnc1Cn1cccc1CNC1CC1. The van der Waals surface area contributed by atoms with Crippen molar-refractivity contribution in [1.29, 1.82) is 0 Å². The molecule has 0 radical (unpaired) electrons. The molecule has 0 spiro atoms. The lowest BCUT2D eigenvalue weighted by atomic mass is 10.4. The van der Waals surface area contributed by atoms with Crippen LogP contribution in [-0.2, 0) is 19.6 Å². The number of hydrogen-bond acceptors (Lipinski definition) is 3. The summed E-state index contributed by atoms with van der Waals surface area (Å²) >= 11 is 0. The Morgan fingerprint density at radius 3 is 3.11 bits per heavy atom. The Bertz CT molecular complexity index is 509. The molecular formula is C13H19N5. The Morgan fingerprint density at radius 1 is 1.44 bits per heavy atom. The number of aromatic nitrogens is 4. The molecule has 1 aliphatic carbocycles. The van der Waals surface area contributed by atoms with Crippen LogP contribution >= 0.6 is 0 Å². The van der Waals surface area contributed by atoms with Gasteiger partial charge in [-0.3, -0.25) is 0 Å². The van der Waals surface area contributed by atoms with Crippen molar-refractivity contribution in [2.75, 3.05) is 0 Å². The van der Waals surface area contributed by atoms with Crippen LogP contribution < -0.4 is 5.32 Å². The highest BCUT2D eigenvalue weighted by molar-refractivity contribution is 5.09. The first-order chi connectivity index (χ1) is 8.86. The summed E-state index contributed by atoms with van der Waals surface area (Å²) in [4.78, 5) is 4.32. The minimum absolute atomic E-state index is 0.743. The first kappa shape index (κ1) is 11.5. The van der Waals surface area contributed by atoms with Crippen molar-refractivity contribution >= 4 is 0 Å². The Morgan fingerprint density at radius 2 is 2.33 bits per heavy atom. The molecule has 96 valence electrons. The molecule has 0 atom stereocenters. The lowest BCUT2D eigenvalue weighted by Gasteiger charge is -2.10. The zero-order chi connectivity index (χ0) is 12.4. The largest absolute Gasteiger partial charge is 0.343 e. The molecule has 5 nitrogen and oxygen atoms in total. The molecule has 0 aliphatic heterocycles. The summed E-state index contributed by atoms with van der Waals surface area (Å²) in [6.07, 6.45) is 6.39. The van der Waals surface area contributed by atoms with Gasteiger partial charge in [0.1, 0.15) is 12.2 Å². The molecule has 0 aromatic carbocycles. The molecule has 3 rings (SSSR count). The van der Waals surface area contributed by atoms with Crippen molar-refractivity contribution in [3.8, 4) is 0 Å². The van der Waals surface area contributed by atoms with Gasteiger partial charge in [-0.2, -0.15) is 5.10 Å². The maximum Gasteiger partial charge on any atom is 0.146 e. The number of rotatable bonds is 6. The molecule has 0 bridgehead atoms. The quantitative estimate of drug-likeness (QED) is 0.837. The Labute approximate surface area is 107 Å². The molecule has 5 heteroatoms. The van der Waals surface area contributed by atoms with Crippen LogP contribution in [0.1, 0.15) is 31.3 Å². The van der Waals surface area contributed by atoms with E-state index in [-0.39, 0.29) is 0 Å². The van der Waals surface area contributed by atoms with Gasteiger partial charge in [0.15, 0.2) is 0 Å². The molecule has 18 heavy (non-hydrogen) atoms. The molecule has 2 aromatic heterocycles. The topological polar surface area (TPSA) is 47.7 Å². The molecule has 0 amide bonds. The van der Waals surface area contributed by atoms with Crippen LogP contribution in [0.3, 0.4) is 0 Å². The highest BCUT2D eigenvalue weighted by Gasteiger charge is 2.20. The molecule has 2 heterocycles. The molecule has 0 saturated heterocycles. The van der Waals surface area contributed by atoms with Gasteiger partial charge in [-0.15, -0.1) is 0 Å². The van der Waals surface area contributed by atoms with E-state index in [0.717, 1.165) is 31.5 Å². The Hall–Kier alpha value is -1.62. The normalized spacial score (nSPS) is 15.2. The Balaban J connectivity index is 1.69. The molecular weight excluding hydrogens is 226 g/mol. The number of nitrogens with zero attached hydrogens (tertiary/aromatic N) is 4. The third-order valence-electron chi connectivity index (χ3n) is 3.38. The van der Waals surface area contributed by atoms with E-state index >= 15 is 0 Å². The van der Waals surface area contributed by atoms with E-state index in [9.17, 15) is 0 Å². The fourth-order valence-electron chi connectivity index (χ4n) is 2.13. The van der Waals surface area contributed by atoms with Crippen molar-refractivity contribution in [2.24, 2.45) is 0 Å². The van der Waals surface area contributed by atoms with Crippen molar-refractivity contribution in [3.63, 3.8) is 0 Å². The predicted octanol–water partition coefficient (Wildman–Crippen LogP) is 1.40. The van der Waals surface area contributed by atoms with E-state index < -0.39 is 0 Å². The molecule has 1 fully saturated rings. The van der Waals surface area contributed by atoms with Crippen LogP contribution in [0.4, 0.5) is 0 Å². The summed E-state index contributed by atoms with van der Waals surface area (Å²) in [6, 6.07) is 5.01. The fraction of sp³-hybridized carbons (Fsp3) is 0.538. The molecule has 1 N–H and O–H groups in total. The van der Waals surface area contributed by atoms with Gasteiger partial charge in [0, 0.05) is 31.0 Å². The van der Waals surface area contributed by atoms with E-state index in [1.807, 2.05) is 4.68 Å². The Kier molecular flexibility index (Phi) is 3.15. The van der Waals surface area contributed by atoms with Crippen LogP contribution in [-0.4, -0.2) is 25.4 Å². The lowest BCUT2D eigenvalue weighted by Crippen LogP contribution is -2.19. The van der Waals surface area contributed by atoms with Crippen LogP contribution in [0.25, 0.3) is 0 Å². The maximum absolute atomic E-state index is 4.32. The van der Waals surface area contributed by atoms with Gasteiger partial charge < -0.3 is 9.88 Å². The van der Waals surface area contributed by atoms with Crippen LogP contribution in [0.5, 0.6) is 0 Å². The maximum atomic E-state index is 4.32. The molecule has 1 saturated carbocycles. The van der Waals surface area contributed by atoms with Gasteiger partial charge in [0.25, 0.3) is 0 Å². The second-order valence-electron chi connectivity index (χ2n) is 4.77. The van der Waals surface area contributed by atoms with E-state index in [1.165, 1.54) is 18.5 Å². The van der Waals surface area contributed by atoms with Crippen molar-refractivity contribution in [1.82, 2.24) is 24.6 Å². The van der Waals surface area contributed by atoms with Gasteiger partial charge in [0.2, 0.25) is 0 Å². The predicted molar refractivity (Wildman–Crippen MR) is 69.1 cm³/mol. The molecule has 2 aromatic rings. The standard InChI is InChI=1S/C13H19N5/c1-2-18-13(15-10-16-18)9-17-7-3-4-12(17)8-14-11-5-6-11/h3-4,7,10-11,14H,2,5-6,8-9H2,1H3. The smallest absolute Gasteiger partial charge is 0.146 e. The number of aryl methyl sites for hydroxylation is 1. The minimum Gasteiger partial charge on any atom is -0.343 e. The average molecular weight is 245 g/mol. The van der Waals surface area contributed by atoms with Crippen molar-refractivity contribution in [3.05, 3.63) is 36.2 Å². The van der Waals surface area contributed by atoms with E-state index in [0.29, 0.717) is 0 Å². The summed E-state index contributed by atoms with van der Waals surface area (Å²) in [5.41, 5.74) is 1.31. The van der Waals surface area contributed by atoms with Gasteiger partial charge in [-0.25, -0.2) is 9.67 Å². The van der Waals surface area contributed by atoms with Gasteiger partial charge in [0.05, 0.1) is 6.54 Å². The van der Waals surface area contributed by atoms with Crippen LogP contribution in [0, 0.1) is 0 Å². The summed E-state index contributed by atoms with van der Waals surface area (Å²) in [7, 11) is 0. The molecule has 0 unspecified atom stereocenters. The summed E-state index contributed by atoms with van der Waals surface area (Å²) in [5, 5.41) is 7.75. The van der Waals surface area contributed by atoms with Crippen molar-refractivity contribution < 1.29 is 0 Å². The second-order valence-corrected chi connectivity index (χ2v) is 4.77. The fourth-order valence-corrected chi connectivity index (χ4v) is 2.13. The van der Waals surface area contributed by atoms with Gasteiger partial charge >= 0.3 is 0 Å². The van der Waals surface area contributed by atoms with Crippen molar-refractivity contribution in [2.45, 2.75) is 45.4 Å². The number of nitrogens with one attached hydrogen (secondary N) is 1. The van der Waals surface area contributed by atoms with Gasteiger partial charge in [-0.1, -0.05) is 0 Å². The van der Waals surface area contributed by atoms with E-state index in [1.54, 1.807) is 6.33 Å². The summed E-state index contributed by atoms with van der Waals surface area (Å²) < 4.78 is 4.18. The highest BCUT2D eigenvalue weighted by Crippen LogP contribution is 2.19. The summed E-state index contributed by atoms with van der Waals surface area (Å²) in [6.45, 7) is 4.69. The van der Waals surface area contributed by atoms with E-state index in [4.69, 9.17) is 0 Å². The zero-order valence-corrected chi connectivity index (χ0v) is 10.7. The van der Waals surface area contributed by atoms with Crippen LogP contribution in [0.2, 0.25) is 0 Å². The number of hydrogen-bond donors (Lipinski definition) is 1. The summed E-state index contributed by atoms with van der Waals surface area (Å²) in [5.74, 6) is 1.02. The first-order valence-corrected chi connectivity index (χ1v) is 6.61. The third-order valence-corrected chi connectivity index (χ3v) is 3.38. The third kappa shape index (κ3) is 2.46. The second kappa shape index (κ2) is 4.94. The van der Waals surface area contributed by atoms with Gasteiger partial charge in [-0.05, 0) is 31.9 Å². The minimum atomic E-state index is 0.743. The van der Waals surface area contributed by atoms with Crippen LogP contribution in [0.15, 0.2) is 24.7 Å². The lowest BCUT2D eigenvalue weighted by molar-refractivity contribution is 0.573. The van der Waals surface area contributed by atoms with E-state index in [2.05, 4.69) is 45.2 Å². The highest BCUT2D eigenvalue weighted by atomic mass is 15.3.